The summed E-state index contributed by atoms with van der Waals surface area (Å²) in [6.07, 6.45) is -6.76. The highest BCUT2D eigenvalue weighted by atomic mass is 16.7. The van der Waals surface area contributed by atoms with Crippen LogP contribution in [0.15, 0.2) is 60.7 Å². The maximum atomic E-state index is 12.5. The van der Waals surface area contributed by atoms with E-state index in [1.807, 2.05) is 0 Å². The van der Waals surface area contributed by atoms with Crippen molar-refractivity contribution in [1.82, 2.24) is 0 Å². The van der Waals surface area contributed by atoms with Crippen molar-refractivity contribution in [3.05, 3.63) is 77.4 Å². The molecule has 1 aliphatic rings. The van der Waals surface area contributed by atoms with Crippen LogP contribution in [0.4, 0.5) is 0 Å². The van der Waals surface area contributed by atoms with Gasteiger partial charge in [-0.2, -0.15) is 0 Å². The number of esters is 1. The van der Waals surface area contributed by atoms with E-state index in [9.17, 15) is 35.4 Å². The van der Waals surface area contributed by atoms with Crippen molar-refractivity contribution in [2.24, 2.45) is 11.8 Å². The molecule has 4 rings (SSSR count). The summed E-state index contributed by atoms with van der Waals surface area (Å²) in [6.45, 7) is -0.820. The molecule has 47 heavy (non-hydrogen) atoms. The molecule has 3 aromatic rings. The Balaban J connectivity index is 1.42. The second kappa shape index (κ2) is 16.6. The number of carbonyl (C=O) groups excluding carboxylic acids is 1. The van der Waals surface area contributed by atoms with Gasteiger partial charge in [-0.1, -0.05) is 12.1 Å². The molecule has 0 saturated carbocycles. The summed E-state index contributed by atoms with van der Waals surface area (Å²) in [7, 11) is 4.37. The van der Waals surface area contributed by atoms with Crippen LogP contribution in [0.1, 0.15) is 21.5 Å². The molecule has 13 nitrogen and oxygen atoms in total. The van der Waals surface area contributed by atoms with E-state index >= 15 is 0 Å². The SMILES string of the molecule is COc1ccc(C(=O)OC[C@H]2O[C@@H](Oc3ccc(C[C@H](CO)[C@H](CO)Cc4ccc(O)c(OC)c4)cc3OC)[C@H](O)[C@@H](O)[C@@H]2O)cc1. The molecule has 3 aromatic carbocycles. The molecular weight excluding hydrogens is 616 g/mol. The summed E-state index contributed by atoms with van der Waals surface area (Å²) in [5.41, 5.74) is 1.83. The van der Waals surface area contributed by atoms with Gasteiger partial charge in [0.1, 0.15) is 36.8 Å². The van der Waals surface area contributed by atoms with E-state index in [4.69, 9.17) is 28.4 Å². The molecule has 7 atom stereocenters. The molecule has 6 N–H and O–H groups in total. The number of aromatic hydroxyl groups is 1. The van der Waals surface area contributed by atoms with E-state index in [1.54, 1.807) is 42.5 Å². The van der Waals surface area contributed by atoms with Crippen LogP contribution in [0.3, 0.4) is 0 Å². The molecule has 256 valence electrons. The first-order chi connectivity index (χ1) is 22.6. The topological polar surface area (TPSA) is 194 Å². The summed E-state index contributed by atoms with van der Waals surface area (Å²) in [4.78, 5) is 12.5. The quantitative estimate of drug-likeness (QED) is 0.129. The fourth-order valence-electron chi connectivity index (χ4n) is 5.40. The van der Waals surface area contributed by atoms with E-state index in [0.29, 0.717) is 24.3 Å². The number of phenols is 1. The van der Waals surface area contributed by atoms with E-state index in [-0.39, 0.29) is 47.9 Å². The molecule has 0 amide bonds. The Labute approximate surface area is 272 Å². The van der Waals surface area contributed by atoms with Gasteiger partial charge in [-0.25, -0.2) is 4.79 Å². The number of rotatable bonds is 15. The van der Waals surface area contributed by atoms with E-state index in [2.05, 4.69) is 0 Å². The predicted octanol–water partition coefficient (Wildman–Crippen LogP) is 1.46. The molecule has 1 heterocycles. The number of methoxy groups -OCH3 is 3. The molecule has 0 unspecified atom stereocenters. The van der Waals surface area contributed by atoms with Gasteiger partial charge in [0.15, 0.2) is 23.0 Å². The first-order valence-electron chi connectivity index (χ1n) is 15.0. The minimum Gasteiger partial charge on any atom is -0.504 e. The molecule has 0 bridgehead atoms. The van der Waals surface area contributed by atoms with Crippen molar-refractivity contribution < 1.29 is 63.9 Å². The van der Waals surface area contributed by atoms with E-state index in [0.717, 1.165) is 11.1 Å². The van der Waals surface area contributed by atoms with Gasteiger partial charge in [0, 0.05) is 13.2 Å². The van der Waals surface area contributed by atoms with Gasteiger partial charge < -0.3 is 59.1 Å². The number of hydrogen-bond acceptors (Lipinski definition) is 13. The second-order valence-corrected chi connectivity index (χ2v) is 11.2. The third-order valence-electron chi connectivity index (χ3n) is 8.22. The van der Waals surface area contributed by atoms with Crippen LogP contribution < -0.4 is 18.9 Å². The zero-order valence-electron chi connectivity index (χ0n) is 26.4. The lowest BCUT2D eigenvalue weighted by Gasteiger charge is -2.40. The third kappa shape index (κ3) is 8.83. The Morgan fingerprint density at radius 3 is 1.91 bits per heavy atom. The zero-order valence-corrected chi connectivity index (χ0v) is 26.4. The third-order valence-corrected chi connectivity index (χ3v) is 8.22. The number of aliphatic hydroxyl groups excluding tert-OH is 5. The van der Waals surface area contributed by atoms with E-state index < -0.39 is 43.3 Å². The smallest absolute Gasteiger partial charge is 0.338 e. The minimum absolute atomic E-state index is 0.00502. The lowest BCUT2D eigenvalue weighted by atomic mass is 9.83. The predicted molar refractivity (Wildman–Crippen MR) is 167 cm³/mol. The minimum atomic E-state index is -1.67. The average molecular weight is 659 g/mol. The lowest BCUT2D eigenvalue weighted by molar-refractivity contribution is -0.277. The first-order valence-corrected chi connectivity index (χ1v) is 15.0. The highest BCUT2D eigenvalue weighted by Crippen LogP contribution is 2.34. The first kappa shape index (κ1) is 35.7. The molecule has 1 fully saturated rings. The zero-order chi connectivity index (χ0) is 34.1. The second-order valence-electron chi connectivity index (χ2n) is 11.2. The van der Waals surface area contributed by atoms with Gasteiger partial charge in [0.25, 0.3) is 0 Å². The fourth-order valence-corrected chi connectivity index (χ4v) is 5.40. The Morgan fingerprint density at radius 1 is 0.745 bits per heavy atom. The summed E-state index contributed by atoms with van der Waals surface area (Å²) in [5, 5.41) is 61.9. The molecule has 0 aromatic heterocycles. The van der Waals surface area contributed by atoms with Crippen molar-refractivity contribution in [1.29, 1.82) is 0 Å². The van der Waals surface area contributed by atoms with Crippen LogP contribution >= 0.6 is 0 Å². The number of hydrogen-bond donors (Lipinski definition) is 6. The van der Waals surface area contributed by atoms with Gasteiger partial charge in [-0.15, -0.1) is 0 Å². The van der Waals surface area contributed by atoms with Crippen molar-refractivity contribution in [2.75, 3.05) is 41.2 Å². The Kier molecular flexibility index (Phi) is 12.6. The Bertz CT molecular complexity index is 1450. The van der Waals surface area contributed by atoms with Crippen molar-refractivity contribution in [3.63, 3.8) is 0 Å². The molecule has 0 radical (unpaired) electrons. The normalized spacial score (nSPS) is 22.2. The Morgan fingerprint density at radius 2 is 1.34 bits per heavy atom. The molecule has 1 saturated heterocycles. The highest BCUT2D eigenvalue weighted by molar-refractivity contribution is 5.89. The van der Waals surface area contributed by atoms with Gasteiger partial charge in [-0.3, -0.25) is 0 Å². The molecule has 0 spiro atoms. The number of carbonyl (C=O) groups is 1. The number of aliphatic hydroxyl groups is 5. The van der Waals surface area contributed by atoms with Crippen molar-refractivity contribution in [3.8, 4) is 28.7 Å². The highest BCUT2D eigenvalue weighted by Gasteiger charge is 2.45. The van der Waals surface area contributed by atoms with Gasteiger partial charge in [0.05, 0.1) is 26.9 Å². The van der Waals surface area contributed by atoms with Gasteiger partial charge in [-0.05, 0) is 84.3 Å². The summed E-state index contributed by atoms with van der Waals surface area (Å²) < 4.78 is 32.7. The Hall–Kier alpha value is -4.11. The van der Waals surface area contributed by atoms with Crippen LogP contribution in [0.5, 0.6) is 28.7 Å². The number of benzene rings is 3. The molecule has 0 aliphatic carbocycles. The summed E-state index contributed by atoms with van der Waals surface area (Å²) in [5.74, 6) is -0.0342. The average Bonchev–Trinajstić information content (AvgIpc) is 3.10. The fraction of sp³-hybridized carbons (Fsp3) is 0.441. The maximum Gasteiger partial charge on any atom is 0.338 e. The summed E-state index contributed by atoms with van der Waals surface area (Å²) >= 11 is 0. The van der Waals surface area contributed by atoms with Crippen LogP contribution in [0, 0.1) is 11.8 Å². The molecule has 13 heteroatoms. The summed E-state index contributed by atoms with van der Waals surface area (Å²) in [6, 6.07) is 16.1. The van der Waals surface area contributed by atoms with E-state index in [1.165, 1.54) is 39.5 Å². The van der Waals surface area contributed by atoms with Gasteiger partial charge in [0.2, 0.25) is 6.29 Å². The van der Waals surface area contributed by atoms with Crippen molar-refractivity contribution in [2.45, 2.75) is 43.5 Å². The number of phenolic OH excluding ortho intramolecular Hbond substituents is 1. The van der Waals surface area contributed by atoms with Crippen LogP contribution in [0.2, 0.25) is 0 Å². The largest absolute Gasteiger partial charge is 0.504 e. The number of ether oxygens (including phenoxy) is 6. The van der Waals surface area contributed by atoms with Gasteiger partial charge >= 0.3 is 5.97 Å². The van der Waals surface area contributed by atoms with Crippen LogP contribution in [-0.4, -0.2) is 108 Å². The van der Waals surface area contributed by atoms with Crippen LogP contribution in [0.25, 0.3) is 0 Å². The standard InChI is InChI=1S/C34H42O13/c1-42-24-8-6-21(7-9-24)33(41)45-18-29-30(38)31(39)32(40)34(47-29)46-26-11-5-20(15-28(26)44-3)13-23(17-36)22(16-35)12-19-4-10-25(37)27(14-19)43-2/h4-11,14-15,22-23,29-32,34-40H,12-13,16-18H2,1-3H3/t22-,23+,29+,30+,31-,32+,34+/m0/s1. The monoisotopic (exact) mass is 658 g/mol. The molecular formula is C34H42O13. The lowest BCUT2D eigenvalue weighted by Crippen LogP contribution is -2.60. The maximum absolute atomic E-state index is 12.5. The van der Waals surface area contributed by atoms with Crippen molar-refractivity contribution >= 4 is 5.97 Å². The molecule has 1 aliphatic heterocycles. The van der Waals surface area contributed by atoms with Crippen LogP contribution in [-0.2, 0) is 22.3 Å².